The first kappa shape index (κ1) is 10.4. The molecule has 0 aromatic heterocycles. The highest BCUT2D eigenvalue weighted by Gasteiger charge is 2.34. The predicted octanol–water partition coefficient (Wildman–Crippen LogP) is 2.21. The molecule has 0 aromatic rings. The van der Waals surface area contributed by atoms with Crippen LogP contribution in [0.4, 0.5) is 0 Å². The molecular formula is C12H22O2. The van der Waals surface area contributed by atoms with Crippen LogP contribution >= 0.6 is 0 Å². The molecule has 1 heterocycles. The Balaban J connectivity index is 1.86. The molecule has 1 saturated heterocycles. The van der Waals surface area contributed by atoms with Crippen LogP contribution in [0.25, 0.3) is 0 Å². The molecule has 1 atom stereocenters. The monoisotopic (exact) mass is 198 g/mol. The van der Waals surface area contributed by atoms with E-state index in [0.717, 1.165) is 37.4 Å². The van der Waals surface area contributed by atoms with Crippen LogP contribution in [0.2, 0.25) is 0 Å². The van der Waals surface area contributed by atoms with Gasteiger partial charge in [-0.05, 0) is 18.3 Å². The molecule has 0 bridgehead atoms. The summed E-state index contributed by atoms with van der Waals surface area (Å²) in [6, 6.07) is 0. The predicted molar refractivity (Wildman–Crippen MR) is 56.1 cm³/mol. The van der Waals surface area contributed by atoms with Crippen molar-refractivity contribution in [3.8, 4) is 0 Å². The average Bonchev–Trinajstić information content (AvgIpc) is 2.16. The summed E-state index contributed by atoms with van der Waals surface area (Å²) in [5, 5.41) is 9.10. The van der Waals surface area contributed by atoms with Gasteiger partial charge in [0.2, 0.25) is 0 Å². The zero-order chi connectivity index (χ0) is 9.80. The fourth-order valence-corrected chi connectivity index (χ4v) is 3.07. The lowest BCUT2D eigenvalue weighted by atomic mass is 9.72. The molecule has 0 radical (unpaired) electrons. The Morgan fingerprint density at radius 2 is 1.79 bits per heavy atom. The summed E-state index contributed by atoms with van der Waals surface area (Å²) in [4.78, 5) is 0. The Labute approximate surface area is 86.6 Å². The molecule has 1 N–H and O–H groups in total. The van der Waals surface area contributed by atoms with Crippen molar-refractivity contribution in [1.29, 1.82) is 0 Å². The van der Waals surface area contributed by atoms with E-state index >= 15 is 0 Å². The molecule has 0 spiro atoms. The highest BCUT2D eigenvalue weighted by atomic mass is 16.5. The number of rotatable bonds is 4. The lowest BCUT2D eigenvalue weighted by Gasteiger charge is -2.40. The van der Waals surface area contributed by atoms with Crippen LogP contribution < -0.4 is 0 Å². The zero-order valence-electron chi connectivity index (χ0n) is 8.95. The van der Waals surface area contributed by atoms with Crippen molar-refractivity contribution >= 4 is 0 Å². The lowest BCUT2D eigenvalue weighted by Crippen LogP contribution is -2.39. The SMILES string of the molecule is OCCC(C1CCCCC1)C1COC1. The molecule has 1 unspecified atom stereocenters. The van der Waals surface area contributed by atoms with Crippen molar-refractivity contribution in [2.45, 2.75) is 38.5 Å². The Kier molecular flexibility index (Phi) is 3.82. The van der Waals surface area contributed by atoms with Crippen LogP contribution in [0, 0.1) is 17.8 Å². The fraction of sp³-hybridized carbons (Fsp3) is 1.00. The van der Waals surface area contributed by atoms with Gasteiger partial charge in [0.05, 0.1) is 13.2 Å². The molecule has 2 fully saturated rings. The zero-order valence-corrected chi connectivity index (χ0v) is 8.95. The van der Waals surface area contributed by atoms with Crippen LogP contribution in [0.3, 0.4) is 0 Å². The van der Waals surface area contributed by atoms with Crippen molar-refractivity contribution < 1.29 is 9.84 Å². The van der Waals surface area contributed by atoms with E-state index < -0.39 is 0 Å². The molecule has 2 rings (SSSR count). The summed E-state index contributed by atoms with van der Waals surface area (Å²) in [6.07, 6.45) is 8.00. The number of hydrogen-bond donors (Lipinski definition) is 1. The maximum atomic E-state index is 9.10. The first-order valence-electron chi connectivity index (χ1n) is 6.10. The van der Waals surface area contributed by atoms with Crippen molar-refractivity contribution in [2.75, 3.05) is 19.8 Å². The average molecular weight is 198 g/mol. The van der Waals surface area contributed by atoms with E-state index in [2.05, 4.69) is 0 Å². The van der Waals surface area contributed by atoms with Gasteiger partial charge in [-0.25, -0.2) is 0 Å². The van der Waals surface area contributed by atoms with Gasteiger partial charge in [-0.1, -0.05) is 32.1 Å². The van der Waals surface area contributed by atoms with Crippen molar-refractivity contribution in [2.24, 2.45) is 17.8 Å². The second-order valence-electron chi connectivity index (χ2n) is 4.87. The number of aliphatic hydroxyl groups excluding tert-OH is 1. The van der Waals surface area contributed by atoms with Crippen LogP contribution in [0.1, 0.15) is 38.5 Å². The van der Waals surface area contributed by atoms with Gasteiger partial charge in [0.1, 0.15) is 0 Å². The minimum absolute atomic E-state index is 0.359. The molecule has 1 aliphatic carbocycles. The largest absolute Gasteiger partial charge is 0.396 e. The molecule has 0 amide bonds. The van der Waals surface area contributed by atoms with Gasteiger partial charge >= 0.3 is 0 Å². The van der Waals surface area contributed by atoms with Gasteiger partial charge in [-0.2, -0.15) is 0 Å². The smallest absolute Gasteiger partial charge is 0.0519 e. The highest BCUT2D eigenvalue weighted by Crippen LogP contribution is 2.38. The van der Waals surface area contributed by atoms with Crippen LogP contribution in [-0.2, 0) is 4.74 Å². The summed E-state index contributed by atoms with van der Waals surface area (Å²) in [5.41, 5.74) is 0. The Bertz CT molecular complexity index is 160. The third-order valence-electron chi connectivity index (χ3n) is 3.99. The van der Waals surface area contributed by atoms with Gasteiger partial charge in [0.25, 0.3) is 0 Å². The maximum Gasteiger partial charge on any atom is 0.0519 e. The molecule has 1 aliphatic heterocycles. The minimum Gasteiger partial charge on any atom is -0.396 e. The number of ether oxygens (including phenoxy) is 1. The van der Waals surface area contributed by atoms with Crippen LogP contribution in [0.5, 0.6) is 0 Å². The van der Waals surface area contributed by atoms with E-state index in [-0.39, 0.29) is 0 Å². The Morgan fingerprint density at radius 1 is 1.07 bits per heavy atom. The maximum absolute atomic E-state index is 9.10. The third kappa shape index (κ3) is 2.29. The molecule has 1 saturated carbocycles. The Hall–Kier alpha value is -0.0800. The van der Waals surface area contributed by atoms with Crippen LogP contribution in [0.15, 0.2) is 0 Å². The topological polar surface area (TPSA) is 29.5 Å². The number of aliphatic hydroxyl groups is 1. The Morgan fingerprint density at radius 3 is 2.29 bits per heavy atom. The summed E-state index contributed by atoms with van der Waals surface area (Å²) >= 11 is 0. The molecule has 2 nitrogen and oxygen atoms in total. The summed E-state index contributed by atoms with van der Waals surface area (Å²) in [7, 11) is 0. The molecular weight excluding hydrogens is 176 g/mol. The van der Waals surface area contributed by atoms with Crippen molar-refractivity contribution in [3.05, 3.63) is 0 Å². The lowest BCUT2D eigenvalue weighted by molar-refractivity contribution is -0.0812. The highest BCUT2D eigenvalue weighted by molar-refractivity contribution is 4.82. The van der Waals surface area contributed by atoms with E-state index in [4.69, 9.17) is 9.84 Å². The van der Waals surface area contributed by atoms with E-state index in [9.17, 15) is 0 Å². The van der Waals surface area contributed by atoms with E-state index in [1.54, 1.807) is 0 Å². The first-order chi connectivity index (χ1) is 6.92. The molecule has 0 aromatic carbocycles. The molecule has 2 heteroatoms. The summed E-state index contributed by atoms with van der Waals surface area (Å²) in [5.74, 6) is 2.38. The quantitative estimate of drug-likeness (QED) is 0.750. The van der Waals surface area contributed by atoms with Crippen molar-refractivity contribution in [1.82, 2.24) is 0 Å². The van der Waals surface area contributed by atoms with Gasteiger partial charge in [-0.15, -0.1) is 0 Å². The van der Waals surface area contributed by atoms with E-state index in [0.29, 0.717) is 6.61 Å². The van der Waals surface area contributed by atoms with Gasteiger partial charge in [-0.3, -0.25) is 0 Å². The van der Waals surface area contributed by atoms with Crippen LogP contribution in [-0.4, -0.2) is 24.9 Å². The van der Waals surface area contributed by atoms with E-state index in [1.807, 2.05) is 0 Å². The summed E-state index contributed by atoms with van der Waals surface area (Å²) in [6.45, 7) is 2.25. The van der Waals surface area contributed by atoms with Gasteiger partial charge in [0, 0.05) is 12.5 Å². The van der Waals surface area contributed by atoms with E-state index in [1.165, 1.54) is 32.1 Å². The fourth-order valence-electron chi connectivity index (χ4n) is 3.07. The van der Waals surface area contributed by atoms with Gasteiger partial charge in [0.15, 0.2) is 0 Å². The third-order valence-corrected chi connectivity index (χ3v) is 3.99. The normalized spacial score (nSPS) is 27.2. The molecule has 82 valence electrons. The molecule has 2 aliphatic rings. The summed E-state index contributed by atoms with van der Waals surface area (Å²) < 4.78 is 5.27. The van der Waals surface area contributed by atoms with Crippen molar-refractivity contribution in [3.63, 3.8) is 0 Å². The minimum atomic E-state index is 0.359. The second kappa shape index (κ2) is 5.13. The molecule has 14 heavy (non-hydrogen) atoms. The number of hydrogen-bond acceptors (Lipinski definition) is 2. The second-order valence-corrected chi connectivity index (χ2v) is 4.87. The standard InChI is InChI=1S/C12H22O2/c13-7-6-12(11-8-14-9-11)10-4-2-1-3-5-10/h10-13H,1-9H2. The van der Waals surface area contributed by atoms with Gasteiger partial charge < -0.3 is 9.84 Å². The first-order valence-corrected chi connectivity index (χ1v) is 6.10.